The van der Waals surface area contributed by atoms with E-state index in [1.165, 1.54) is 0 Å². The van der Waals surface area contributed by atoms with Crippen LogP contribution >= 0.6 is 15.9 Å². The predicted octanol–water partition coefficient (Wildman–Crippen LogP) is 2.54. The van der Waals surface area contributed by atoms with Crippen molar-refractivity contribution in [1.29, 1.82) is 0 Å². The van der Waals surface area contributed by atoms with E-state index in [0.717, 1.165) is 43.2 Å². The lowest BCUT2D eigenvalue weighted by Crippen LogP contribution is -2.46. The molecule has 0 radical (unpaired) electrons. The van der Waals surface area contributed by atoms with Crippen LogP contribution in [0.2, 0.25) is 0 Å². The van der Waals surface area contributed by atoms with Crippen LogP contribution in [-0.2, 0) is 7.05 Å². The molecule has 0 aromatic carbocycles. The van der Waals surface area contributed by atoms with Gasteiger partial charge < -0.3 is 5.32 Å². The van der Waals surface area contributed by atoms with Crippen LogP contribution < -0.4 is 5.32 Å². The van der Waals surface area contributed by atoms with Crippen molar-refractivity contribution < 1.29 is 4.79 Å². The molecule has 0 amide bonds. The number of ketones is 1. The number of aromatic nitrogens is 2. The van der Waals surface area contributed by atoms with E-state index in [1.807, 2.05) is 7.05 Å². The first kappa shape index (κ1) is 13.7. The third-order valence-corrected chi connectivity index (χ3v) is 4.37. The van der Waals surface area contributed by atoms with Crippen molar-refractivity contribution in [2.75, 3.05) is 13.1 Å². The lowest BCUT2D eigenvalue weighted by Gasteiger charge is -2.36. The number of hydrogen-bond donors (Lipinski definition) is 1. The molecule has 2 rings (SSSR count). The van der Waals surface area contributed by atoms with Crippen molar-refractivity contribution in [3.8, 4) is 0 Å². The highest BCUT2D eigenvalue weighted by Gasteiger charge is 2.41. The first-order valence-corrected chi connectivity index (χ1v) is 7.33. The Hall–Kier alpha value is -0.680. The summed E-state index contributed by atoms with van der Waals surface area (Å²) in [6, 6.07) is 0. The normalized spacial score (nSPS) is 24.2. The quantitative estimate of drug-likeness (QED) is 0.869. The molecule has 1 aliphatic rings. The molecular formula is C13H20BrN3O. The van der Waals surface area contributed by atoms with Crippen molar-refractivity contribution in [1.82, 2.24) is 15.1 Å². The molecule has 100 valence electrons. The molecule has 4 nitrogen and oxygen atoms in total. The number of carbonyl (C=O) groups is 1. The van der Waals surface area contributed by atoms with Gasteiger partial charge in [-0.25, -0.2) is 0 Å². The van der Waals surface area contributed by atoms with E-state index in [0.29, 0.717) is 5.69 Å². The number of hydrogen-bond acceptors (Lipinski definition) is 3. The van der Waals surface area contributed by atoms with Crippen molar-refractivity contribution in [2.45, 2.75) is 32.6 Å². The Balaban J connectivity index is 2.34. The minimum atomic E-state index is -0.247. The Bertz CT molecular complexity index is 410. The van der Waals surface area contributed by atoms with Crippen LogP contribution in [0.15, 0.2) is 10.7 Å². The van der Waals surface area contributed by atoms with Crippen molar-refractivity contribution in [2.24, 2.45) is 12.5 Å². The Morgan fingerprint density at radius 2 is 2.44 bits per heavy atom. The van der Waals surface area contributed by atoms with E-state index in [9.17, 15) is 4.79 Å². The summed E-state index contributed by atoms with van der Waals surface area (Å²) in [5, 5.41) is 7.53. The summed E-state index contributed by atoms with van der Waals surface area (Å²) in [5.41, 5.74) is 0.454. The van der Waals surface area contributed by atoms with Crippen LogP contribution in [-0.4, -0.2) is 28.7 Å². The molecule has 1 aromatic rings. The number of aryl methyl sites for hydroxylation is 1. The number of halogens is 1. The van der Waals surface area contributed by atoms with Crippen LogP contribution in [0.1, 0.15) is 43.1 Å². The molecule has 1 aromatic heterocycles. The number of piperidine rings is 1. The zero-order chi connectivity index (χ0) is 13.2. The van der Waals surface area contributed by atoms with Gasteiger partial charge in [0.05, 0.1) is 10.7 Å². The Kier molecular flexibility index (Phi) is 4.22. The topological polar surface area (TPSA) is 46.9 Å². The van der Waals surface area contributed by atoms with Gasteiger partial charge in [-0.05, 0) is 41.7 Å². The third-order valence-electron chi connectivity index (χ3n) is 3.79. The number of nitrogens with zero attached hydrogens (tertiary/aromatic N) is 2. The van der Waals surface area contributed by atoms with Gasteiger partial charge in [-0.2, -0.15) is 5.10 Å². The van der Waals surface area contributed by atoms with Gasteiger partial charge >= 0.3 is 0 Å². The Labute approximate surface area is 116 Å². The van der Waals surface area contributed by atoms with Gasteiger partial charge in [-0.1, -0.05) is 13.3 Å². The highest BCUT2D eigenvalue weighted by Crippen LogP contribution is 2.36. The maximum atomic E-state index is 12.9. The average Bonchev–Trinajstić information content (AvgIpc) is 2.70. The number of carbonyl (C=O) groups excluding carboxylic acids is 1. The highest BCUT2D eigenvalue weighted by molar-refractivity contribution is 9.10. The third kappa shape index (κ3) is 2.38. The van der Waals surface area contributed by atoms with Gasteiger partial charge in [0, 0.05) is 19.0 Å². The fraction of sp³-hybridized carbons (Fsp3) is 0.692. The zero-order valence-electron chi connectivity index (χ0n) is 11.0. The Morgan fingerprint density at radius 3 is 2.94 bits per heavy atom. The van der Waals surface area contributed by atoms with Crippen LogP contribution in [0.5, 0.6) is 0 Å². The largest absolute Gasteiger partial charge is 0.316 e. The molecule has 2 heterocycles. The molecule has 0 aliphatic carbocycles. The van der Waals surface area contributed by atoms with Gasteiger partial charge in [-0.15, -0.1) is 0 Å². The van der Waals surface area contributed by atoms with E-state index in [4.69, 9.17) is 0 Å². The first-order chi connectivity index (χ1) is 8.60. The smallest absolute Gasteiger partial charge is 0.189 e. The van der Waals surface area contributed by atoms with Crippen LogP contribution in [0, 0.1) is 5.41 Å². The van der Waals surface area contributed by atoms with Gasteiger partial charge in [0.2, 0.25) is 0 Å². The molecular weight excluding hydrogens is 294 g/mol. The van der Waals surface area contributed by atoms with Crippen LogP contribution in [0.4, 0.5) is 0 Å². The second kappa shape index (κ2) is 5.53. The molecule has 1 saturated heterocycles. The van der Waals surface area contributed by atoms with E-state index in [-0.39, 0.29) is 11.2 Å². The van der Waals surface area contributed by atoms with Crippen molar-refractivity contribution in [3.05, 3.63) is 16.4 Å². The molecule has 1 atom stereocenters. The molecule has 0 bridgehead atoms. The van der Waals surface area contributed by atoms with Gasteiger partial charge in [-0.3, -0.25) is 9.48 Å². The van der Waals surface area contributed by atoms with E-state index in [1.54, 1.807) is 10.9 Å². The summed E-state index contributed by atoms with van der Waals surface area (Å²) < 4.78 is 2.48. The van der Waals surface area contributed by atoms with Crippen LogP contribution in [0.25, 0.3) is 0 Å². The molecule has 0 spiro atoms. The maximum Gasteiger partial charge on any atom is 0.189 e. The molecule has 0 saturated carbocycles. The fourth-order valence-electron chi connectivity index (χ4n) is 2.88. The van der Waals surface area contributed by atoms with Gasteiger partial charge in [0.1, 0.15) is 5.69 Å². The molecule has 1 N–H and O–H groups in total. The number of Topliss-reactive ketones (excluding diaryl/α,β-unsaturated/α-hetero) is 1. The molecule has 18 heavy (non-hydrogen) atoms. The zero-order valence-corrected chi connectivity index (χ0v) is 12.6. The minimum Gasteiger partial charge on any atom is -0.316 e. The van der Waals surface area contributed by atoms with E-state index in [2.05, 4.69) is 33.3 Å². The first-order valence-electron chi connectivity index (χ1n) is 6.54. The van der Waals surface area contributed by atoms with E-state index >= 15 is 0 Å². The summed E-state index contributed by atoms with van der Waals surface area (Å²) >= 11 is 3.44. The number of rotatable bonds is 4. The molecule has 1 aliphatic heterocycles. The highest BCUT2D eigenvalue weighted by atomic mass is 79.9. The Morgan fingerprint density at radius 1 is 1.67 bits per heavy atom. The standard InChI is InChI=1S/C13H20BrN3O/c1-3-5-13(6-4-7-15-9-13)12(18)11-10(14)8-16-17(11)2/h8,15H,3-7,9H2,1-2H3. The summed E-state index contributed by atoms with van der Waals surface area (Å²) in [4.78, 5) is 12.9. The average molecular weight is 314 g/mol. The monoisotopic (exact) mass is 313 g/mol. The second-order valence-corrected chi connectivity index (χ2v) is 5.96. The maximum absolute atomic E-state index is 12.9. The summed E-state index contributed by atoms with van der Waals surface area (Å²) in [6.45, 7) is 3.95. The molecule has 1 fully saturated rings. The minimum absolute atomic E-state index is 0.225. The molecule has 5 heteroatoms. The fourth-order valence-corrected chi connectivity index (χ4v) is 3.41. The summed E-state index contributed by atoms with van der Waals surface area (Å²) in [5.74, 6) is 0.225. The lowest BCUT2D eigenvalue weighted by molar-refractivity contribution is 0.0706. The summed E-state index contributed by atoms with van der Waals surface area (Å²) in [7, 11) is 1.83. The number of nitrogens with one attached hydrogen (secondary N) is 1. The van der Waals surface area contributed by atoms with E-state index < -0.39 is 0 Å². The lowest BCUT2D eigenvalue weighted by atomic mass is 9.72. The SMILES string of the molecule is CCCC1(C(=O)c2c(Br)cnn2C)CCCNC1. The molecule has 1 unspecified atom stereocenters. The summed E-state index contributed by atoms with van der Waals surface area (Å²) in [6.07, 6.45) is 5.72. The van der Waals surface area contributed by atoms with Crippen LogP contribution in [0.3, 0.4) is 0 Å². The second-order valence-electron chi connectivity index (χ2n) is 5.10. The predicted molar refractivity (Wildman–Crippen MR) is 74.7 cm³/mol. The van der Waals surface area contributed by atoms with Crippen molar-refractivity contribution in [3.63, 3.8) is 0 Å². The van der Waals surface area contributed by atoms with Crippen molar-refractivity contribution >= 4 is 21.7 Å². The van der Waals surface area contributed by atoms with Gasteiger partial charge in [0.15, 0.2) is 5.78 Å². The van der Waals surface area contributed by atoms with Gasteiger partial charge in [0.25, 0.3) is 0 Å².